The number of aromatic nitrogens is 1. The third kappa shape index (κ3) is 4.21. The van der Waals surface area contributed by atoms with Crippen molar-refractivity contribution in [3.63, 3.8) is 0 Å². The number of aliphatic imine (C=N–C) groups is 1. The Morgan fingerprint density at radius 3 is 2.81 bits per heavy atom. The Hall–Kier alpha value is -1.05. The van der Waals surface area contributed by atoms with Gasteiger partial charge in [-0.15, -0.1) is 24.0 Å². The van der Waals surface area contributed by atoms with Gasteiger partial charge in [0.05, 0.1) is 6.54 Å². The molecule has 1 aliphatic carbocycles. The van der Waals surface area contributed by atoms with E-state index >= 15 is 0 Å². The van der Waals surface area contributed by atoms with E-state index in [4.69, 9.17) is 5.73 Å². The molecule has 0 spiro atoms. The molecular weight excluding hydrogens is 377 g/mol. The highest BCUT2D eigenvalue weighted by molar-refractivity contribution is 14.0. The van der Waals surface area contributed by atoms with Gasteiger partial charge in [0, 0.05) is 32.4 Å². The maximum absolute atomic E-state index is 6.02. The number of rotatable bonds is 4. The first kappa shape index (κ1) is 16.3. The van der Waals surface area contributed by atoms with Crippen molar-refractivity contribution < 1.29 is 0 Å². The average Bonchev–Trinajstić information content (AvgIpc) is 3.18. The number of nitrogens with zero attached hydrogens (tertiary/aromatic N) is 4. The fraction of sp³-hybridized carbons (Fsp3) is 0.600. The van der Waals surface area contributed by atoms with Gasteiger partial charge in [-0.3, -0.25) is 0 Å². The summed E-state index contributed by atoms with van der Waals surface area (Å²) in [6.07, 6.45) is 6.88. The molecule has 0 radical (unpaired) electrons. The highest BCUT2D eigenvalue weighted by Gasteiger charge is 2.27. The van der Waals surface area contributed by atoms with Crippen molar-refractivity contribution in [1.82, 2.24) is 9.88 Å². The summed E-state index contributed by atoms with van der Waals surface area (Å²) in [6, 6.07) is 4.77. The largest absolute Gasteiger partial charge is 0.370 e. The minimum absolute atomic E-state index is 0. The highest BCUT2D eigenvalue weighted by Crippen LogP contribution is 2.25. The molecule has 5 nitrogen and oxygen atoms in total. The van der Waals surface area contributed by atoms with Crippen LogP contribution < -0.4 is 10.6 Å². The lowest BCUT2D eigenvalue weighted by Crippen LogP contribution is -2.35. The van der Waals surface area contributed by atoms with Crippen molar-refractivity contribution >= 4 is 35.8 Å². The van der Waals surface area contributed by atoms with Gasteiger partial charge >= 0.3 is 0 Å². The van der Waals surface area contributed by atoms with Crippen LogP contribution in [0.1, 0.15) is 31.2 Å². The maximum atomic E-state index is 6.02. The topological polar surface area (TPSA) is 57.8 Å². The Morgan fingerprint density at radius 2 is 2.14 bits per heavy atom. The van der Waals surface area contributed by atoms with Crippen LogP contribution in [-0.4, -0.2) is 42.0 Å². The van der Waals surface area contributed by atoms with Crippen LogP contribution in [0.3, 0.4) is 0 Å². The third-order valence-corrected chi connectivity index (χ3v) is 4.12. The van der Waals surface area contributed by atoms with E-state index in [1.807, 2.05) is 19.3 Å². The van der Waals surface area contributed by atoms with Gasteiger partial charge in [0.25, 0.3) is 0 Å². The first-order valence-electron chi connectivity index (χ1n) is 7.46. The van der Waals surface area contributed by atoms with Crippen molar-refractivity contribution in [3.8, 4) is 0 Å². The van der Waals surface area contributed by atoms with Gasteiger partial charge in [0.2, 0.25) is 0 Å². The second kappa shape index (κ2) is 7.29. The van der Waals surface area contributed by atoms with Crippen molar-refractivity contribution in [2.75, 3.05) is 25.0 Å². The summed E-state index contributed by atoms with van der Waals surface area (Å²) in [6.45, 7) is 2.87. The van der Waals surface area contributed by atoms with Gasteiger partial charge in [-0.2, -0.15) is 0 Å². The normalized spacial score (nSPS) is 18.5. The molecule has 1 aromatic heterocycles. The van der Waals surface area contributed by atoms with Gasteiger partial charge in [-0.1, -0.05) is 0 Å². The number of pyridine rings is 1. The first-order chi connectivity index (χ1) is 9.74. The lowest BCUT2D eigenvalue weighted by atomic mass is 10.2. The van der Waals surface area contributed by atoms with E-state index < -0.39 is 0 Å². The molecule has 0 atom stereocenters. The SMILES string of the molecule is CN(C(N)=NCc1ccnc(N2CCCC2)c1)C1CC1.I. The molecule has 0 aromatic carbocycles. The smallest absolute Gasteiger partial charge is 0.191 e. The molecule has 2 aliphatic rings. The molecule has 0 unspecified atom stereocenters. The van der Waals surface area contributed by atoms with Crippen LogP contribution in [0.2, 0.25) is 0 Å². The molecule has 0 amide bonds. The zero-order valence-corrected chi connectivity index (χ0v) is 14.9. The molecule has 1 aromatic rings. The van der Waals surface area contributed by atoms with Gasteiger partial charge < -0.3 is 15.5 Å². The Labute approximate surface area is 143 Å². The summed E-state index contributed by atoms with van der Waals surface area (Å²) in [7, 11) is 2.03. The van der Waals surface area contributed by atoms with Crippen molar-refractivity contribution in [3.05, 3.63) is 23.9 Å². The maximum Gasteiger partial charge on any atom is 0.191 e. The summed E-state index contributed by atoms with van der Waals surface area (Å²) in [5.41, 5.74) is 7.19. The van der Waals surface area contributed by atoms with Crippen LogP contribution >= 0.6 is 24.0 Å². The van der Waals surface area contributed by atoms with Crippen LogP contribution in [0.15, 0.2) is 23.3 Å². The van der Waals surface area contributed by atoms with Crippen molar-refractivity contribution in [2.24, 2.45) is 10.7 Å². The Balaban J connectivity index is 0.00000161. The van der Waals surface area contributed by atoms with Crippen LogP contribution in [-0.2, 0) is 6.54 Å². The Bertz CT molecular complexity index is 495. The lowest BCUT2D eigenvalue weighted by molar-refractivity contribution is 0.487. The molecule has 0 bridgehead atoms. The molecule has 6 heteroatoms. The number of hydrogen-bond acceptors (Lipinski definition) is 3. The average molecular weight is 401 g/mol. The molecule has 3 rings (SSSR count). The lowest BCUT2D eigenvalue weighted by Gasteiger charge is -2.18. The predicted octanol–water partition coefficient (Wildman–Crippen LogP) is 2.21. The Morgan fingerprint density at radius 1 is 1.43 bits per heavy atom. The monoisotopic (exact) mass is 401 g/mol. The molecule has 21 heavy (non-hydrogen) atoms. The summed E-state index contributed by atoms with van der Waals surface area (Å²) in [5.74, 6) is 1.72. The molecule has 2 N–H and O–H groups in total. The van der Waals surface area contributed by atoms with Crippen LogP contribution in [0.25, 0.3) is 0 Å². The fourth-order valence-electron chi connectivity index (χ4n) is 2.61. The molecule has 2 heterocycles. The number of guanidine groups is 1. The van der Waals surface area contributed by atoms with E-state index in [0.717, 1.165) is 18.9 Å². The number of hydrogen-bond donors (Lipinski definition) is 1. The van der Waals surface area contributed by atoms with Crippen molar-refractivity contribution in [1.29, 1.82) is 0 Å². The van der Waals surface area contributed by atoms with Crippen LogP contribution in [0, 0.1) is 0 Å². The number of anilines is 1. The molecule has 1 saturated heterocycles. The highest BCUT2D eigenvalue weighted by atomic mass is 127. The molecule has 1 saturated carbocycles. The minimum atomic E-state index is 0. The van der Waals surface area contributed by atoms with E-state index in [-0.39, 0.29) is 24.0 Å². The van der Waals surface area contributed by atoms with Crippen LogP contribution in [0.4, 0.5) is 5.82 Å². The molecule has 1 aliphatic heterocycles. The second-order valence-corrected chi connectivity index (χ2v) is 5.73. The Kier molecular flexibility index (Phi) is 5.66. The molecule has 116 valence electrons. The fourth-order valence-corrected chi connectivity index (χ4v) is 2.61. The van der Waals surface area contributed by atoms with E-state index in [1.54, 1.807) is 0 Å². The quantitative estimate of drug-likeness (QED) is 0.478. The van der Waals surface area contributed by atoms with Crippen LogP contribution in [0.5, 0.6) is 0 Å². The zero-order valence-electron chi connectivity index (χ0n) is 12.5. The van der Waals surface area contributed by atoms with Gasteiger partial charge in [-0.25, -0.2) is 9.98 Å². The summed E-state index contributed by atoms with van der Waals surface area (Å²) in [5, 5.41) is 0. The number of nitrogens with two attached hydrogens (primary N) is 1. The second-order valence-electron chi connectivity index (χ2n) is 5.73. The standard InChI is InChI=1S/C15H23N5.HI/c1-19(13-4-5-13)15(16)18-11-12-6-7-17-14(10-12)20-8-2-3-9-20;/h6-7,10,13H,2-5,8-9,11H2,1H3,(H2,16,18);1H. The first-order valence-corrected chi connectivity index (χ1v) is 7.46. The van der Waals surface area contributed by atoms with E-state index in [1.165, 1.54) is 31.2 Å². The molecular formula is C15H24IN5. The zero-order chi connectivity index (χ0) is 13.9. The van der Waals surface area contributed by atoms with Gasteiger partial charge in [0.15, 0.2) is 5.96 Å². The van der Waals surface area contributed by atoms with Crippen molar-refractivity contribution in [2.45, 2.75) is 38.3 Å². The summed E-state index contributed by atoms with van der Waals surface area (Å²) < 4.78 is 0. The van der Waals surface area contributed by atoms with Gasteiger partial charge in [-0.05, 0) is 43.4 Å². The molecule has 2 fully saturated rings. The van der Waals surface area contributed by atoms with E-state index in [0.29, 0.717) is 18.5 Å². The van der Waals surface area contributed by atoms with E-state index in [9.17, 15) is 0 Å². The van der Waals surface area contributed by atoms with E-state index in [2.05, 4.69) is 25.8 Å². The predicted molar refractivity (Wildman–Crippen MR) is 97.2 cm³/mol. The minimum Gasteiger partial charge on any atom is -0.370 e. The third-order valence-electron chi connectivity index (χ3n) is 4.12. The summed E-state index contributed by atoms with van der Waals surface area (Å²) in [4.78, 5) is 13.4. The summed E-state index contributed by atoms with van der Waals surface area (Å²) >= 11 is 0. The van der Waals surface area contributed by atoms with Gasteiger partial charge in [0.1, 0.15) is 5.82 Å². The number of halogens is 1.